The first-order valence-corrected chi connectivity index (χ1v) is 9.05. The van der Waals surface area contributed by atoms with Crippen LogP contribution in [0.15, 0.2) is 66.7 Å². The van der Waals surface area contributed by atoms with Crippen LogP contribution >= 0.6 is 23.2 Å². The normalized spacial score (nSPS) is 12.9. The molecule has 0 unspecified atom stereocenters. The van der Waals surface area contributed by atoms with Gasteiger partial charge in [0.1, 0.15) is 0 Å². The van der Waals surface area contributed by atoms with Crippen molar-refractivity contribution in [3.05, 3.63) is 93.5 Å². The monoisotopic (exact) mass is 410 g/mol. The largest absolute Gasteiger partial charge is 0.322 e. The number of fused-ring (bicyclic) bond motifs is 1. The van der Waals surface area contributed by atoms with E-state index in [0.29, 0.717) is 32.5 Å². The summed E-state index contributed by atoms with van der Waals surface area (Å²) in [6.07, 6.45) is 0. The Morgan fingerprint density at radius 3 is 2.00 bits per heavy atom. The van der Waals surface area contributed by atoms with Crippen LogP contribution in [0.3, 0.4) is 0 Å². The fourth-order valence-corrected chi connectivity index (χ4v) is 3.57. The Morgan fingerprint density at radius 1 is 0.786 bits per heavy atom. The molecule has 3 aromatic carbocycles. The van der Waals surface area contributed by atoms with Gasteiger partial charge in [0.05, 0.1) is 16.8 Å². The molecule has 0 radical (unpaired) electrons. The van der Waals surface area contributed by atoms with Crippen LogP contribution in [0.4, 0.5) is 11.4 Å². The molecule has 1 N–H and O–H groups in total. The van der Waals surface area contributed by atoms with E-state index >= 15 is 0 Å². The predicted octanol–water partition coefficient (Wildman–Crippen LogP) is 5.05. The lowest BCUT2D eigenvalue weighted by atomic mass is 10.1. The minimum absolute atomic E-state index is 0.283. The highest BCUT2D eigenvalue weighted by Crippen LogP contribution is 2.29. The number of imide groups is 1. The van der Waals surface area contributed by atoms with Crippen molar-refractivity contribution in [2.75, 3.05) is 10.2 Å². The van der Waals surface area contributed by atoms with Gasteiger partial charge in [-0.1, -0.05) is 41.4 Å². The van der Waals surface area contributed by atoms with Crippen molar-refractivity contribution in [2.45, 2.75) is 0 Å². The summed E-state index contributed by atoms with van der Waals surface area (Å²) < 4.78 is 0. The molecule has 0 spiro atoms. The summed E-state index contributed by atoms with van der Waals surface area (Å²) in [5.41, 5.74) is 1.73. The second-order valence-corrected chi connectivity index (χ2v) is 7.03. The van der Waals surface area contributed by atoms with Crippen molar-refractivity contribution in [1.82, 2.24) is 0 Å². The van der Waals surface area contributed by atoms with Gasteiger partial charge in [0.25, 0.3) is 17.7 Å². The third-order valence-electron chi connectivity index (χ3n) is 4.28. The third kappa shape index (κ3) is 3.26. The van der Waals surface area contributed by atoms with Crippen LogP contribution in [-0.2, 0) is 0 Å². The molecule has 3 amide bonds. The van der Waals surface area contributed by atoms with E-state index in [2.05, 4.69) is 5.32 Å². The van der Waals surface area contributed by atoms with Crippen LogP contribution in [0.25, 0.3) is 0 Å². The topological polar surface area (TPSA) is 66.5 Å². The maximum Gasteiger partial charge on any atom is 0.266 e. The molecule has 28 heavy (non-hydrogen) atoms. The van der Waals surface area contributed by atoms with E-state index in [4.69, 9.17) is 23.2 Å². The number of hydrogen-bond acceptors (Lipinski definition) is 3. The number of benzene rings is 3. The first-order valence-electron chi connectivity index (χ1n) is 8.29. The number of hydrogen-bond donors (Lipinski definition) is 1. The molecule has 1 aliphatic heterocycles. The smallest absolute Gasteiger partial charge is 0.266 e. The minimum atomic E-state index is -0.420. The lowest BCUT2D eigenvalue weighted by Crippen LogP contribution is -2.29. The lowest BCUT2D eigenvalue weighted by molar-refractivity contribution is 0.0924. The van der Waals surface area contributed by atoms with Gasteiger partial charge < -0.3 is 5.32 Å². The van der Waals surface area contributed by atoms with Crippen LogP contribution in [-0.4, -0.2) is 17.7 Å². The lowest BCUT2D eigenvalue weighted by Gasteiger charge is -2.15. The first-order chi connectivity index (χ1) is 13.4. The minimum Gasteiger partial charge on any atom is -0.322 e. The summed E-state index contributed by atoms with van der Waals surface area (Å²) >= 11 is 11.9. The summed E-state index contributed by atoms with van der Waals surface area (Å²) in [4.78, 5) is 38.9. The van der Waals surface area contributed by atoms with Gasteiger partial charge in [-0.15, -0.1) is 0 Å². The number of carbonyl (C=O) groups is 3. The summed E-state index contributed by atoms with van der Waals surface area (Å²) in [5.74, 6) is -1.25. The van der Waals surface area contributed by atoms with Crippen molar-refractivity contribution < 1.29 is 14.4 Å². The molecule has 3 aromatic rings. The zero-order valence-corrected chi connectivity index (χ0v) is 15.8. The molecule has 1 aliphatic rings. The van der Waals surface area contributed by atoms with Gasteiger partial charge in [0.15, 0.2) is 0 Å². The zero-order chi connectivity index (χ0) is 19.8. The Labute approximate surface area is 170 Å². The Bertz CT molecular complexity index is 1090. The molecule has 138 valence electrons. The molecule has 0 aromatic heterocycles. The zero-order valence-electron chi connectivity index (χ0n) is 14.3. The van der Waals surface area contributed by atoms with E-state index in [1.165, 1.54) is 6.07 Å². The maximum absolute atomic E-state index is 12.6. The number of halogens is 2. The molecule has 0 aliphatic carbocycles. The van der Waals surface area contributed by atoms with Gasteiger partial charge in [-0.25, -0.2) is 4.90 Å². The van der Waals surface area contributed by atoms with Crippen molar-refractivity contribution in [3.8, 4) is 0 Å². The third-order valence-corrected chi connectivity index (χ3v) is 4.72. The Kier molecular flexibility index (Phi) is 4.63. The molecule has 0 saturated carbocycles. The highest BCUT2D eigenvalue weighted by atomic mass is 35.5. The van der Waals surface area contributed by atoms with Gasteiger partial charge in [0, 0.05) is 21.3 Å². The van der Waals surface area contributed by atoms with Crippen molar-refractivity contribution >= 4 is 52.3 Å². The SMILES string of the molecule is O=C(Nc1cc(Cl)cc(Cl)c1)c1cccc(N2C(=O)c3ccccc3C2=O)c1. The van der Waals surface area contributed by atoms with Crippen LogP contribution in [0.1, 0.15) is 31.1 Å². The molecule has 7 heteroatoms. The highest BCUT2D eigenvalue weighted by molar-refractivity contribution is 6.35. The summed E-state index contributed by atoms with van der Waals surface area (Å²) in [6, 6.07) is 17.6. The Hall–Kier alpha value is -3.15. The van der Waals surface area contributed by atoms with Crippen LogP contribution in [0.5, 0.6) is 0 Å². The fourth-order valence-electron chi connectivity index (χ4n) is 3.04. The first kappa shape index (κ1) is 18.2. The summed E-state index contributed by atoms with van der Waals surface area (Å²) in [5, 5.41) is 3.48. The number of amides is 3. The fraction of sp³-hybridized carbons (Fsp3) is 0. The Morgan fingerprint density at radius 2 is 1.39 bits per heavy atom. The van der Waals surface area contributed by atoms with E-state index in [1.807, 2.05) is 0 Å². The average molecular weight is 411 g/mol. The number of carbonyl (C=O) groups excluding carboxylic acids is 3. The van der Waals surface area contributed by atoms with Gasteiger partial charge in [-0.05, 0) is 48.5 Å². The van der Waals surface area contributed by atoms with E-state index in [-0.39, 0.29) is 5.56 Å². The summed E-state index contributed by atoms with van der Waals surface area (Å²) in [6.45, 7) is 0. The molecule has 0 atom stereocenters. The van der Waals surface area contributed by atoms with Gasteiger partial charge in [-0.3, -0.25) is 14.4 Å². The van der Waals surface area contributed by atoms with E-state index in [9.17, 15) is 14.4 Å². The molecule has 0 fully saturated rings. The average Bonchev–Trinajstić information content (AvgIpc) is 2.92. The van der Waals surface area contributed by atoms with Crippen LogP contribution in [0.2, 0.25) is 10.0 Å². The highest BCUT2D eigenvalue weighted by Gasteiger charge is 2.36. The molecular weight excluding hydrogens is 399 g/mol. The molecule has 5 nitrogen and oxygen atoms in total. The molecule has 1 heterocycles. The number of anilines is 2. The van der Waals surface area contributed by atoms with E-state index in [0.717, 1.165) is 4.90 Å². The molecule has 0 bridgehead atoms. The quantitative estimate of drug-likeness (QED) is 0.614. The second-order valence-electron chi connectivity index (χ2n) is 6.15. The van der Waals surface area contributed by atoms with Crippen LogP contribution < -0.4 is 10.2 Å². The predicted molar refractivity (Wildman–Crippen MR) is 108 cm³/mol. The molecule has 4 rings (SSSR count). The second kappa shape index (κ2) is 7.11. The van der Waals surface area contributed by atoms with Crippen molar-refractivity contribution in [3.63, 3.8) is 0 Å². The number of nitrogens with zero attached hydrogens (tertiary/aromatic N) is 1. The van der Waals surface area contributed by atoms with Crippen LogP contribution in [0, 0.1) is 0 Å². The van der Waals surface area contributed by atoms with Gasteiger partial charge in [0.2, 0.25) is 0 Å². The summed E-state index contributed by atoms with van der Waals surface area (Å²) in [7, 11) is 0. The van der Waals surface area contributed by atoms with Crippen molar-refractivity contribution in [1.29, 1.82) is 0 Å². The van der Waals surface area contributed by atoms with Gasteiger partial charge >= 0.3 is 0 Å². The standard InChI is InChI=1S/C21H12Cl2N2O3/c22-13-9-14(23)11-15(10-13)24-19(26)12-4-3-5-16(8-12)25-20(27)17-6-1-2-7-18(17)21(25)28/h1-11H,(H,24,26). The van der Waals surface area contributed by atoms with E-state index < -0.39 is 17.7 Å². The van der Waals surface area contributed by atoms with Gasteiger partial charge in [-0.2, -0.15) is 0 Å². The number of rotatable bonds is 3. The Balaban J connectivity index is 1.63. The maximum atomic E-state index is 12.6. The molecular formula is C21H12Cl2N2O3. The van der Waals surface area contributed by atoms with Crippen molar-refractivity contribution in [2.24, 2.45) is 0 Å². The molecule has 0 saturated heterocycles. The number of nitrogens with one attached hydrogen (secondary N) is 1. The van der Waals surface area contributed by atoms with E-state index in [1.54, 1.807) is 60.7 Å².